The van der Waals surface area contributed by atoms with Gasteiger partial charge < -0.3 is 29.6 Å². The first kappa shape index (κ1) is 48.3. The van der Waals surface area contributed by atoms with Gasteiger partial charge in [0.25, 0.3) is 5.69 Å². The molecule has 0 aromatic heterocycles. The molecule has 3 rings (SSSR count). The number of non-ortho nitro benzene ring substituents is 1. The number of hydrogen-bond acceptors (Lipinski definition) is 14. The number of aryl methyl sites for hydroxylation is 1. The molecule has 0 atom stereocenters. The van der Waals surface area contributed by atoms with Gasteiger partial charge in [0.1, 0.15) is 55.0 Å². The second kappa shape index (κ2) is 27.5. The van der Waals surface area contributed by atoms with Crippen LogP contribution in [0.15, 0.2) is 94.3 Å². The summed E-state index contributed by atoms with van der Waals surface area (Å²) in [5.41, 5.74) is 9.22. The Morgan fingerprint density at radius 2 is 1.13 bits per heavy atom. The summed E-state index contributed by atoms with van der Waals surface area (Å²) in [4.78, 5) is 36.5. The highest BCUT2D eigenvalue weighted by Crippen LogP contribution is 2.42. The van der Waals surface area contributed by atoms with Gasteiger partial charge in [-0.1, -0.05) is 91.2 Å². The zero-order valence-corrected chi connectivity index (χ0v) is 35.4. The molecule has 0 heterocycles. The number of ether oxygens (including phenoxy) is 4. The number of nitro groups is 1. The number of azo groups is 2. The monoisotopic (exact) mass is 827 g/mol. The van der Waals surface area contributed by atoms with Gasteiger partial charge >= 0.3 is 11.9 Å². The smallest absolute Gasteiger partial charge is 0.330 e. The number of nitrogen functional groups attached to an aromatic ring is 1. The van der Waals surface area contributed by atoms with Gasteiger partial charge in [0.05, 0.1) is 16.3 Å². The van der Waals surface area contributed by atoms with Gasteiger partial charge in [-0.25, -0.2) is 9.59 Å². The minimum Gasteiger partial charge on any atom is -0.488 e. The molecule has 2 N–H and O–H groups in total. The summed E-state index contributed by atoms with van der Waals surface area (Å²) >= 11 is 0. The molecule has 0 fully saturated rings. The van der Waals surface area contributed by atoms with E-state index in [1.807, 2.05) is 13.0 Å². The molecule has 0 saturated heterocycles. The summed E-state index contributed by atoms with van der Waals surface area (Å²) < 4.78 is 22.2. The lowest BCUT2D eigenvalue weighted by Gasteiger charge is -2.26. The minimum absolute atomic E-state index is 0.0343. The van der Waals surface area contributed by atoms with Crippen molar-refractivity contribution in [1.82, 2.24) is 0 Å². The van der Waals surface area contributed by atoms with Crippen LogP contribution < -0.4 is 20.1 Å². The molecule has 0 aliphatic rings. The third-order valence-corrected chi connectivity index (χ3v) is 9.41. The van der Waals surface area contributed by atoms with E-state index in [1.54, 1.807) is 6.07 Å². The van der Waals surface area contributed by atoms with Crippen LogP contribution in [0.1, 0.15) is 96.5 Å². The van der Waals surface area contributed by atoms with Crippen molar-refractivity contribution in [3.8, 4) is 11.5 Å². The summed E-state index contributed by atoms with van der Waals surface area (Å²) in [6.45, 7) is 15.0. The maximum absolute atomic E-state index is 11.7. The molecule has 0 unspecified atom stereocenters. The first-order chi connectivity index (χ1) is 29.1. The molecule has 0 amide bonds. The van der Waals surface area contributed by atoms with E-state index in [0.717, 1.165) is 49.3 Å². The maximum atomic E-state index is 11.7. The van der Waals surface area contributed by atoms with Crippen molar-refractivity contribution < 1.29 is 33.5 Å². The number of anilines is 2. The number of carbonyl (C=O) groups is 2. The van der Waals surface area contributed by atoms with Crippen LogP contribution in [0.25, 0.3) is 0 Å². The third-order valence-electron chi connectivity index (χ3n) is 9.41. The highest BCUT2D eigenvalue weighted by atomic mass is 16.6. The zero-order valence-electron chi connectivity index (χ0n) is 35.4. The molecule has 0 bridgehead atoms. The molecule has 0 radical (unpaired) electrons. The highest BCUT2D eigenvalue weighted by Gasteiger charge is 2.16. The van der Waals surface area contributed by atoms with Gasteiger partial charge in [-0.3, -0.25) is 10.1 Å². The number of esters is 2. The van der Waals surface area contributed by atoms with Gasteiger partial charge in [0.2, 0.25) is 0 Å². The molecule has 324 valence electrons. The molecule has 15 nitrogen and oxygen atoms in total. The van der Waals surface area contributed by atoms with Crippen molar-refractivity contribution in [2.24, 2.45) is 20.5 Å². The van der Waals surface area contributed by atoms with Crippen molar-refractivity contribution >= 4 is 51.8 Å². The molecule has 0 aliphatic carbocycles. The highest BCUT2D eigenvalue weighted by molar-refractivity contribution is 5.81. The summed E-state index contributed by atoms with van der Waals surface area (Å²) in [7, 11) is 0. The molecule has 0 spiro atoms. The standard InChI is InChI=1S/C45H61N7O8/c1-6-10-12-14-16-18-24-51(25-19-17-15-13-11-7-2)35-20-22-38(34(5)30-35)47-49-40-32-43(58-27-29-60-45(54)9-4)41(33-42(40)57-26-28-59-44(53)8-3)50-48-39-23-21-36(52(55)56)31-37(39)46/h8-9,20-23,30-33H,3-4,6-7,10-19,24-29,46H2,1-2,5H3/b49-47+,50-48+. The first-order valence-electron chi connectivity index (χ1n) is 20.8. The van der Waals surface area contributed by atoms with Crippen molar-refractivity contribution in [3.05, 3.63) is 89.5 Å². The molecule has 60 heavy (non-hydrogen) atoms. The number of nitro benzene ring substituents is 1. The minimum atomic E-state index is -0.614. The van der Waals surface area contributed by atoms with Crippen molar-refractivity contribution in [3.63, 3.8) is 0 Å². The summed E-state index contributed by atoms with van der Waals surface area (Å²) in [6, 6.07) is 13.1. The van der Waals surface area contributed by atoms with Gasteiger partial charge in [-0.2, -0.15) is 5.11 Å². The molecule has 0 aliphatic heterocycles. The van der Waals surface area contributed by atoms with E-state index in [1.165, 1.54) is 88.5 Å². The van der Waals surface area contributed by atoms with Crippen LogP contribution >= 0.6 is 0 Å². The fraction of sp³-hybridized carbons (Fsp3) is 0.467. The Labute approximate surface area is 353 Å². The summed E-state index contributed by atoms with van der Waals surface area (Å²) in [5, 5.41) is 28.9. The van der Waals surface area contributed by atoms with Crippen molar-refractivity contribution in [2.75, 3.05) is 50.2 Å². The number of hydrogen-bond donors (Lipinski definition) is 1. The van der Waals surface area contributed by atoms with Crippen LogP contribution in [-0.2, 0) is 19.1 Å². The van der Waals surface area contributed by atoms with E-state index in [-0.39, 0.29) is 66.4 Å². The van der Waals surface area contributed by atoms with Gasteiger partial charge in [0.15, 0.2) is 0 Å². The number of nitrogens with two attached hydrogens (primary N) is 1. The van der Waals surface area contributed by atoms with E-state index < -0.39 is 16.9 Å². The van der Waals surface area contributed by atoms with Crippen LogP contribution in [-0.4, -0.2) is 56.4 Å². The van der Waals surface area contributed by atoms with Gasteiger partial charge in [-0.05, 0) is 49.6 Å². The average molecular weight is 828 g/mol. The first-order valence-corrected chi connectivity index (χ1v) is 20.8. The Morgan fingerprint density at radius 3 is 1.60 bits per heavy atom. The molecular formula is C45H61N7O8. The number of carbonyl (C=O) groups excluding carboxylic acids is 2. The number of unbranched alkanes of at least 4 members (excludes halogenated alkanes) is 10. The lowest BCUT2D eigenvalue weighted by Crippen LogP contribution is -2.25. The second-order valence-electron chi connectivity index (χ2n) is 14.1. The number of nitrogens with zero attached hydrogens (tertiary/aromatic N) is 6. The quantitative estimate of drug-likeness (QED) is 0.0128. The fourth-order valence-corrected chi connectivity index (χ4v) is 6.08. The Bertz CT molecular complexity index is 1900. The lowest BCUT2D eigenvalue weighted by molar-refractivity contribution is -0.384. The van der Waals surface area contributed by atoms with E-state index in [4.69, 9.17) is 24.7 Å². The van der Waals surface area contributed by atoms with E-state index >= 15 is 0 Å². The van der Waals surface area contributed by atoms with E-state index in [9.17, 15) is 19.7 Å². The topological polar surface area (TPSA) is 193 Å². The SMILES string of the molecule is C=CC(=O)OCCOc1cc(/N=N/c2ccc([N+](=O)[O-])cc2N)c(OCCOC(=O)C=C)cc1/N=N/c1ccc(N(CCCCCCCC)CCCCCCCC)cc1C. The van der Waals surface area contributed by atoms with E-state index in [2.05, 4.69) is 64.5 Å². The molecule has 0 saturated carbocycles. The molecule has 15 heteroatoms. The van der Waals surface area contributed by atoms with E-state index in [0.29, 0.717) is 5.69 Å². The third kappa shape index (κ3) is 17.4. The predicted molar refractivity (Wildman–Crippen MR) is 236 cm³/mol. The van der Waals surface area contributed by atoms with Crippen LogP contribution in [0.3, 0.4) is 0 Å². The fourth-order valence-electron chi connectivity index (χ4n) is 6.08. The largest absolute Gasteiger partial charge is 0.488 e. The Balaban J connectivity index is 1.96. The molecule has 3 aromatic carbocycles. The Hall–Kier alpha value is -6.12. The average Bonchev–Trinajstić information content (AvgIpc) is 3.24. The molecule has 3 aromatic rings. The van der Waals surface area contributed by atoms with Crippen LogP contribution in [0.5, 0.6) is 11.5 Å². The normalized spacial score (nSPS) is 11.1. The maximum Gasteiger partial charge on any atom is 0.330 e. The van der Waals surface area contributed by atoms with Crippen molar-refractivity contribution in [1.29, 1.82) is 0 Å². The number of benzene rings is 3. The van der Waals surface area contributed by atoms with Crippen molar-refractivity contribution in [2.45, 2.75) is 97.8 Å². The number of rotatable bonds is 30. The summed E-state index contributed by atoms with van der Waals surface area (Å²) in [6.07, 6.45) is 16.9. The predicted octanol–water partition coefficient (Wildman–Crippen LogP) is 12.1. The van der Waals surface area contributed by atoms with Gasteiger partial charge in [-0.15, -0.1) is 15.3 Å². The molecular weight excluding hydrogens is 767 g/mol. The lowest BCUT2D eigenvalue weighted by atomic mass is 10.1. The van der Waals surface area contributed by atoms with Crippen LogP contribution in [0.2, 0.25) is 0 Å². The Kier molecular flexibility index (Phi) is 22.2. The van der Waals surface area contributed by atoms with Gasteiger partial charge in [0, 0.05) is 55.2 Å². The van der Waals surface area contributed by atoms with Crippen LogP contribution in [0.4, 0.5) is 39.8 Å². The second-order valence-corrected chi connectivity index (χ2v) is 14.1. The summed E-state index contributed by atoms with van der Waals surface area (Å²) in [5.74, 6) is -0.828. The Morgan fingerprint density at radius 1 is 0.667 bits per heavy atom. The van der Waals surface area contributed by atoms with Crippen LogP contribution in [0, 0.1) is 17.0 Å². The zero-order chi connectivity index (χ0) is 43.5.